The van der Waals surface area contributed by atoms with Gasteiger partial charge in [-0.1, -0.05) is 18.2 Å². The van der Waals surface area contributed by atoms with Crippen LogP contribution in [0.15, 0.2) is 36.5 Å². The average Bonchev–Trinajstić information content (AvgIpc) is 2.55. The molecule has 1 saturated carbocycles. The maximum atomic E-state index is 12.2. The van der Waals surface area contributed by atoms with Crippen LogP contribution in [0.25, 0.3) is 10.9 Å². The molecule has 2 aromatic rings. The predicted molar refractivity (Wildman–Crippen MR) is 92.4 cm³/mol. The Labute approximate surface area is 142 Å². The number of nitrogens with zero attached hydrogens (tertiary/aromatic N) is 1. The van der Waals surface area contributed by atoms with Gasteiger partial charge in [-0.05, 0) is 50.3 Å². The molecule has 0 spiro atoms. The molecule has 0 bridgehead atoms. The van der Waals surface area contributed by atoms with Gasteiger partial charge in [0.2, 0.25) is 5.91 Å². The summed E-state index contributed by atoms with van der Waals surface area (Å²) in [4.78, 5) is 16.7. The van der Waals surface area contributed by atoms with E-state index in [1.54, 1.807) is 0 Å². The number of hydrogen-bond donors (Lipinski definition) is 2. The van der Waals surface area contributed by atoms with Crippen LogP contribution in [-0.2, 0) is 9.53 Å². The van der Waals surface area contributed by atoms with E-state index in [0.29, 0.717) is 12.8 Å². The van der Waals surface area contributed by atoms with Crippen LogP contribution in [0.4, 0.5) is 0 Å². The lowest BCUT2D eigenvalue weighted by molar-refractivity contribution is -0.129. The van der Waals surface area contributed by atoms with Crippen LogP contribution in [0, 0.1) is 5.92 Å². The number of aliphatic hydroxyl groups is 1. The molecule has 1 fully saturated rings. The molecular formula is C19H24N2O3. The first-order valence-electron chi connectivity index (χ1n) is 8.46. The fourth-order valence-corrected chi connectivity index (χ4v) is 3.09. The van der Waals surface area contributed by atoms with Crippen molar-refractivity contribution < 1.29 is 14.6 Å². The largest absolute Gasteiger partial charge is 0.393 e. The van der Waals surface area contributed by atoms with Crippen molar-refractivity contribution >= 4 is 16.8 Å². The molecule has 5 nitrogen and oxygen atoms in total. The molecule has 1 aliphatic carbocycles. The number of carbonyl (C=O) groups is 1. The Bertz CT molecular complexity index is 711. The standard InChI is InChI=1S/C19H24N2O3/c1-12(2)24-11-18(23)21-19(14-8-16(22)9-14)15-7-13-5-3-4-6-17(13)20-10-15/h3-7,10,12,14,16,19,22H,8-9,11H2,1-2H3,(H,21,23)/t14?,16?,19-/m1/s1. The third-order valence-corrected chi connectivity index (χ3v) is 4.46. The summed E-state index contributed by atoms with van der Waals surface area (Å²) in [5, 5.41) is 13.8. The molecule has 128 valence electrons. The number of pyridine rings is 1. The first kappa shape index (κ1) is 16.9. The molecule has 1 atom stereocenters. The van der Waals surface area contributed by atoms with Crippen molar-refractivity contribution in [2.75, 3.05) is 6.61 Å². The van der Waals surface area contributed by atoms with Crippen molar-refractivity contribution in [3.63, 3.8) is 0 Å². The fraction of sp³-hybridized carbons (Fsp3) is 0.474. The third kappa shape index (κ3) is 3.91. The van der Waals surface area contributed by atoms with Crippen LogP contribution in [0.3, 0.4) is 0 Å². The van der Waals surface area contributed by atoms with Gasteiger partial charge in [-0.15, -0.1) is 0 Å². The number of nitrogens with one attached hydrogen (secondary N) is 1. The lowest BCUT2D eigenvalue weighted by atomic mass is 9.75. The van der Waals surface area contributed by atoms with Crippen molar-refractivity contribution in [3.05, 3.63) is 42.1 Å². The van der Waals surface area contributed by atoms with Crippen LogP contribution in [-0.4, -0.2) is 34.8 Å². The van der Waals surface area contributed by atoms with Crippen molar-refractivity contribution in [1.82, 2.24) is 10.3 Å². The number of para-hydroxylation sites is 1. The van der Waals surface area contributed by atoms with E-state index in [4.69, 9.17) is 4.74 Å². The molecule has 1 amide bonds. The van der Waals surface area contributed by atoms with Gasteiger partial charge in [0, 0.05) is 11.6 Å². The highest BCUT2D eigenvalue weighted by atomic mass is 16.5. The lowest BCUT2D eigenvalue weighted by Gasteiger charge is -2.38. The molecule has 1 aliphatic rings. The van der Waals surface area contributed by atoms with Crippen LogP contribution < -0.4 is 5.32 Å². The zero-order valence-electron chi connectivity index (χ0n) is 14.1. The minimum Gasteiger partial charge on any atom is -0.393 e. The summed E-state index contributed by atoms with van der Waals surface area (Å²) in [6.07, 6.45) is 2.96. The van der Waals surface area contributed by atoms with Crippen molar-refractivity contribution in [2.45, 2.75) is 44.9 Å². The number of fused-ring (bicyclic) bond motifs is 1. The van der Waals surface area contributed by atoms with Gasteiger partial charge in [0.05, 0.1) is 23.8 Å². The zero-order valence-corrected chi connectivity index (χ0v) is 14.1. The molecule has 0 aliphatic heterocycles. The Kier molecular flexibility index (Phi) is 5.11. The minimum absolute atomic E-state index is 0.0158. The number of carbonyl (C=O) groups excluding carboxylic acids is 1. The highest BCUT2D eigenvalue weighted by Gasteiger charge is 2.35. The Morgan fingerprint density at radius 1 is 1.38 bits per heavy atom. The molecule has 1 aromatic heterocycles. The first-order chi connectivity index (χ1) is 11.5. The predicted octanol–water partition coefficient (Wildman–Crippen LogP) is 2.59. The summed E-state index contributed by atoms with van der Waals surface area (Å²) < 4.78 is 5.39. The van der Waals surface area contributed by atoms with Crippen LogP contribution in [0.5, 0.6) is 0 Å². The summed E-state index contributed by atoms with van der Waals surface area (Å²) in [5.74, 6) is 0.0919. The number of hydrogen-bond acceptors (Lipinski definition) is 4. The maximum Gasteiger partial charge on any atom is 0.246 e. The first-order valence-corrected chi connectivity index (χ1v) is 8.46. The third-order valence-electron chi connectivity index (χ3n) is 4.46. The number of rotatable bonds is 6. The number of benzene rings is 1. The number of aliphatic hydroxyl groups excluding tert-OH is 1. The van der Waals surface area contributed by atoms with E-state index in [1.807, 2.05) is 44.3 Å². The van der Waals surface area contributed by atoms with Gasteiger partial charge in [-0.25, -0.2) is 0 Å². The van der Waals surface area contributed by atoms with E-state index >= 15 is 0 Å². The second kappa shape index (κ2) is 7.28. The Hall–Kier alpha value is -1.98. The SMILES string of the molecule is CC(C)OCC(=O)N[C@@H](c1cnc2ccccc2c1)C1CC(O)C1. The Morgan fingerprint density at radius 3 is 2.83 bits per heavy atom. The van der Waals surface area contributed by atoms with E-state index in [2.05, 4.69) is 16.4 Å². The van der Waals surface area contributed by atoms with E-state index < -0.39 is 0 Å². The van der Waals surface area contributed by atoms with Gasteiger partial charge >= 0.3 is 0 Å². The van der Waals surface area contributed by atoms with Gasteiger partial charge in [-0.2, -0.15) is 0 Å². The second-order valence-corrected chi connectivity index (χ2v) is 6.75. The highest BCUT2D eigenvalue weighted by Crippen LogP contribution is 2.38. The smallest absolute Gasteiger partial charge is 0.246 e. The van der Waals surface area contributed by atoms with E-state index in [-0.39, 0.29) is 36.7 Å². The molecule has 24 heavy (non-hydrogen) atoms. The van der Waals surface area contributed by atoms with Gasteiger partial charge in [-0.3, -0.25) is 9.78 Å². The molecule has 3 rings (SSSR count). The molecule has 0 radical (unpaired) electrons. The van der Waals surface area contributed by atoms with Crippen LogP contribution in [0.1, 0.15) is 38.3 Å². The minimum atomic E-state index is -0.269. The maximum absolute atomic E-state index is 12.2. The summed E-state index contributed by atoms with van der Waals surface area (Å²) in [6.45, 7) is 3.85. The van der Waals surface area contributed by atoms with Crippen molar-refractivity contribution in [3.8, 4) is 0 Å². The monoisotopic (exact) mass is 328 g/mol. The van der Waals surface area contributed by atoms with E-state index in [1.165, 1.54) is 0 Å². The summed E-state index contributed by atoms with van der Waals surface area (Å²) >= 11 is 0. The van der Waals surface area contributed by atoms with E-state index in [9.17, 15) is 9.90 Å². The summed E-state index contributed by atoms with van der Waals surface area (Å²) in [6, 6.07) is 9.85. The fourth-order valence-electron chi connectivity index (χ4n) is 3.09. The van der Waals surface area contributed by atoms with E-state index in [0.717, 1.165) is 16.5 Å². The lowest BCUT2D eigenvalue weighted by Crippen LogP contribution is -2.42. The number of ether oxygens (including phenoxy) is 1. The molecule has 1 aromatic carbocycles. The highest BCUT2D eigenvalue weighted by molar-refractivity contribution is 5.80. The molecular weight excluding hydrogens is 304 g/mol. The Morgan fingerprint density at radius 2 is 2.12 bits per heavy atom. The van der Waals surface area contributed by atoms with Crippen molar-refractivity contribution in [2.24, 2.45) is 5.92 Å². The topological polar surface area (TPSA) is 71.5 Å². The Balaban J connectivity index is 1.79. The second-order valence-electron chi connectivity index (χ2n) is 6.75. The quantitative estimate of drug-likeness (QED) is 0.855. The van der Waals surface area contributed by atoms with Gasteiger partial charge in [0.1, 0.15) is 6.61 Å². The van der Waals surface area contributed by atoms with Gasteiger partial charge < -0.3 is 15.2 Å². The number of aromatic nitrogens is 1. The van der Waals surface area contributed by atoms with Gasteiger partial charge in [0.25, 0.3) is 0 Å². The summed E-state index contributed by atoms with van der Waals surface area (Å²) in [5.41, 5.74) is 1.91. The molecule has 0 unspecified atom stereocenters. The zero-order chi connectivity index (χ0) is 17.1. The number of amides is 1. The average molecular weight is 328 g/mol. The molecule has 1 heterocycles. The molecule has 2 N–H and O–H groups in total. The van der Waals surface area contributed by atoms with Crippen LogP contribution in [0.2, 0.25) is 0 Å². The molecule has 5 heteroatoms. The summed E-state index contributed by atoms with van der Waals surface area (Å²) in [7, 11) is 0. The molecule has 0 saturated heterocycles. The van der Waals surface area contributed by atoms with Crippen molar-refractivity contribution in [1.29, 1.82) is 0 Å². The normalized spacial score (nSPS) is 21.5. The van der Waals surface area contributed by atoms with Crippen LogP contribution >= 0.6 is 0 Å². The van der Waals surface area contributed by atoms with Gasteiger partial charge in [0.15, 0.2) is 0 Å².